The van der Waals surface area contributed by atoms with Gasteiger partial charge in [-0.1, -0.05) is 36.4 Å². The number of halogens is 1. The van der Waals surface area contributed by atoms with Crippen LogP contribution in [0, 0.1) is 0 Å². The minimum absolute atomic E-state index is 0.203. The van der Waals surface area contributed by atoms with Gasteiger partial charge in [0.25, 0.3) is 0 Å². The Labute approximate surface area is 149 Å². The summed E-state index contributed by atoms with van der Waals surface area (Å²) in [5, 5.41) is 0. The van der Waals surface area contributed by atoms with Crippen LogP contribution < -0.4 is 14.2 Å². The van der Waals surface area contributed by atoms with Gasteiger partial charge in [0.1, 0.15) is 22.8 Å². The average molecular weight is 389 g/mol. The van der Waals surface area contributed by atoms with Crippen molar-refractivity contribution in [3.8, 4) is 17.2 Å². The number of rotatable bonds is 5. The number of carbonyl (C=O) groups excluding carboxylic acids is 1. The predicted molar refractivity (Wildman–Crippen MR) is 95.5 cm³/mol. The van der Waals surface area contributed by atoms with Gasteiger partial charge in [-0.15, -0.1) is 6.58 Å². The minimum atomic E-state index is -1.27. The Balaban J connectivity index is 2.10. The van der Waals surface area contributed by atoms with Crippen LogP contribution in [-0.4, -0.2) is 24.5 Å². The Kier molecular flexibility index (Phi) is 4.37. The summed E-state index contributed by atoms with van der Waals surface area (Å²) in [6, 6.07) is 13.0. The summed E-state index contributed by atoms with van der Waals surface area (Å²) in [7, 11) is 3.06. The van der Waals surface area contributed by atoms with Gasteiger partial charge < -0.3 is 14.2 Å². The zero-order valence-corrected chi connectivity index (χ0v) is 15.0. The second-order valence-electron chi connectivity index (χ2n) is 5.40. The molecule has 24 heavy (non-hydrogen) atoms. The van der Waals surface area contributed by atoms with E-state index in [1.54, 1.807) is 25.3 Å². The molecule has 5 heteroatoms. The zero-order chi connectivity index (χ0) is 17.3. The lowest BCUT2D eigenvalue weighted by molar-refractivity contribution is 0.0790. The molecule has 0 radical (unpaired) electrons. The molecule has 0 bridgehead atoms. The summed E-state index contributed by atoms with van der Waals surface area (Å²) in [6.45, 7) is 3.88. The van der Waals surface area contributed by atoms with Gasteiger partial charge in [0.05, 0.1) is 20.1 Å². The van der Waals surface area contributed by atoms with E-state index >= 15 is 0 Å². The van der Waals surface area contributed by atoms with Gasteiger partial charge in [-0.25, -0.2) is 0 Å². The maximum atomic E-state index is 13.1. The summed E-state index contributed by atoms with van der Waals surface area (Å²) in [5.74, 6) is 0.840. The van der Waals surface area contributed by atoms with Gasteiger partial charge in [0.15, 0.2) is 0 Å². The monoisotopic (exact) mass is 388 g/mol. The van der Waals surface area contributed by atoms with Gasteiger partial charge in [-0.2, -0.15) is 0 Å². The molecule has 0 saturated carbocycles. The Bertz CT molecular complexity index is 787. The third kappa shape index (κ3) is 2.49. The fourth-order valence-corrected chi connectivity index (χ4v) is 3.72. The molecule has 0 unspecified atom stereocenters. The number of benzene rings is 2. The molecular formula is C19H17BrO4. The quantitative estimate of drug-likeness (QED) is 0.564. The van der Waals surface area contributed by atoms with Crippen molar-refractivity contribution >= 4 is 21.7 Å². The van der Waals surface area contributed by atoms with E-state index in [0.717, 1.165) is 5.56 Å². The summed E-state index contributed by atoms with van der Waals surface area (Å²) < 4.78 is 15.4. The summed E-state index contributed by atoms with van der Waals surface area (Å²) in [5.41, 5.74) is 1.33. The molecule has 1 aliphatic rings. The largest absolute Gasteiger partial charge is 0.496 e. The van der Waals surface area contributed by atoms with E-state index in [4.69, 9.17) is 14.2 Å². The maximum Gasteiger partial charge on any atom is 0.236 e. The molecule has 2 atom stereocenters. The lowest BCUT2D eigenvalue weighted by atomic mass is 9.89. The molecule has 0 aliphatic carbocycles. The lowest BCUT2D eigenvalue weighted by Gasteiger charge is -2.28. The van der Waals surface area contributed by atoms with Gasteiger partial charge in [-0.05, 0) is 21.5 Å². The normalized spacial score (nSPS) is 20.0. The molecular weight excluding hydrogens is 372 g/mol. The molecule has 1 heterocycles. The molecule has 3 rings (SSSR count). The van der Waals surface area contributed by atoms with Crippen LogP contribution in [-0.2, 0) is 0 Å². The number of carbonyl (C=O) groups is 1. The van der Waals surface area contributed by atoms with E-state index < -0.39 is 4.51 Å². The van der Waals surface area contributed by atoms with Crippen LogP contribution in [0.15, 0.2) is 55.1 Å². The Morgan fingerprint density at radius 3 is 2.50 bits per heavy atom. The van der Waals surface area contributed by atoms with Crippen molar-refractivity contribution in [3.63, 3.8) is 0 Å². The first-order valence-electron chi connectivity index (χ1n) is 7.41. The smallest absolute Gasteiger partial charge is 0.236 e. The van der Waals surface area contributed by atoms with E-state index in [-0.39, 0.29) is 11.7 Å². The molecule has 0 aromatic heterocycles. The van der Waals surface area contributed by atoms with Crippen LogP contribution in [0.4, 0.5) is 0 Å². The highest BCUT2D eigenvalue weighted by Gasteiger charge is 2.53. The number of Topliss-reactive ketones (excluding diaryl/α,β-unsaturated/α-hetero) is 1. The first-order valence-corrected chi connectivity index (χ1v) is 8.20. The van der Waals surface area contributed by atoms with Crippen LogP contribution in [0.2, 0.25) is 0 Å². The van der Waals surface area contributed by atoms with Crippen LogP contribution in [0.5, 0.6) is 17.2 Å². The molecule has 124 valence electrons. The second-order valence-corrected chi connectivity index (χ2v) is 6.58. The maximum absolute atomic E-state index is 13.1. The molecule has 0 spiro atoms. The first-order chi connectivity index (χ1) is 11.5. The van der Waals surface area contributed by atoms with Crippen LogP contribution >= 0.6 is 15.9 Å². The zero-order valence-electron chi connectivity index (χ0n) is 13.4. The van der Waals surface area contributed by atoms with E-state index in [1.807, 2.05) is 30.3 Å². The molecule has 4 nitrogen and oxygen atoms in total. The van der Waals surface area contributed by atoms with E-state index in [2.05, 4.69) is 22.5 Å². The van der Waals surface area contributed by atoms with E-state index in [9.17, 15) is 4.79 Å². The highest BCUT2D eigenvalue weighted by Crippen LogP contribution is 2.51. The van der Waals surface area contributed by atoms with Crippen molar-refractivity contribution in [2.45, 2.75) is 10.4 Å². The third-order valence-corrected chi connectivity index (χ3v) is 5.10. The van der Waals surface area contributed by atoms with Gasteiger partial charge >= 0.3 is 0 Å². The van der Waals surface area contributed by atoms with Gasteiger partial charge in [0.2, 0.25) is 10.3 Å². The van der Waals surface area contributed by atoms with E-state index in [1.165, 1.54) is 7.11 Å². The fourth-order valence-electron chi connectivity index (χ4n) is 2.89. The van der Waals surface area contributed by atoms with Crippen LogP contribution in [0.25, 0.3) is 0 Å². The van der Waals surface area contributed by atoms with E-state index in [0.29, 0.717) is 22.8 Å². The third-order valence-electron chi connectivity index (χ3n) is 4.08. The van der Waals surface area contributed by atoms with Gasteiger partial charge in [-0.3, -0.25) is 4.79 Å². The number of hydrogen-bond acceptors (Lipinski definition) is 4. The Morgan fingerprint density at radius 2 is 1.92 bits per heavy atom. The summed E-state index contributed by atoms with van der Waals surface area (Å²) in [6.07, 6.45) is 1.71. The summed E-state index contributed by atoms with van der Waals surface area (Å²) in [4.78, 5) is 13.1. The number of alkyl halides is 1. The number of methoxy groups -OCH3 is 2. The minimum Gasteiger partial charge on any atom is -0.496 e. The van der Waals surface area contributed by atoms with Crippen molar-refractivity contribution in [2.24, 2.45) is 0 Å². The predicted octanol–water partition coefficient (Wildman–Crippen LogP) is 4.34. The van der Waals surface area contributed by atoms with Crippen molar-refractivity contribution in [1.82, 2.24) is 0 Å². The highest BCUT2D eigenvalue weighted by molar-refractivity contribution is 9.10. The summed E-state index contributed by atoms with van der Waals surface area (Å²) >= 11 is 3.53. The van der Waals surface area contributed by atoms with Crippen LogP contribution in [0.3, 0.4) is 0 Å². The van der Waals surface area contributed by atoms with Crippen molar-refractivity contribution in [3.05, 3.63) is 66.2 Å². The number of ketones is 1. The van der Waals surface area contributed by atoms with Gasteiger partial charge in [0, 0.05) is 12.1 Å². The first kappa shape index (κ1) is 16.6. The van der Waals surface area contributed by atoms with Crippen LogP contribution in [0.1, 0.15) is 21.8 Å². The number of fused-ring (bicyclic) bond motifs is 1. The molecule has 2 aromatic carbocycles. The standard InChI is InChI=1S/C19H17BrO4/c1-4-14(12-8-6-5-7-9-12)19(20)18(21)17-15(23-3)10-13(22-2)11-16(17)24-19/h4-11,14H,1H2,2-3H3/t14-,19-/m0/s1. The molecule has 0 saturated heterocycles. The molecule has 0 fully saturated rings. The molecule has 0 amide bonds. The Hall–Kier alpha value is -2.27. The lowest BCUT2D eigenvalue weighted by Crippen LogP contribution is -2.39. The molecule has 1 aliphatic heterocycles. The average Bonchev–Trinajstić information content (AvgIpc) is 2.87. The molecule has 0 N–H and O–H groups in total. The number of hydrogen-bond donors (Lipinski definition) is 0. The second kappa shape index (κ2) is 6.32. The van der Waals surface area contributed by atoms with Crippen molar-refractivity contribution in [1.29, 1.82) is 0 Å². The SMILES string of the molecule is C=C[C@@H](c1ccccc1)[C@]1(Br)Oc2cc(OC)cc(OC)c2C1=O. The fraction of sp³-hybridized carbons (Fsp3) is 0.211. The molecule has 2 aromatic rings. The Morgan fingerprint density at radius 1 is 1.21 bits per heavy atom. The number of ether oxygens (including phenoxy) is 3. The highest BCUT2D eigenvalue weighted by atomic mass is 79.9. The van der Waals surface area contributed by atoms with Crippen molar-refractivity contribution < 1.29 is 19.0 Å². The van der Waals surface area contributed by atoms with Crippen molar-refractivity contribution in [2.75, 3.05) is 14.2 Å². The topological polar surface area (TPSA) is 44.8 Å².